The van der Waals surface area contributed by atoms with Crippen LogP contribution in [-0.4, -0.2) is 29.9 Å². The standard InChI is InChI=1S/C28H29BrN2O5S/c1-6-34-21-13-12-19(29)14-18(21)15-23-26(32)31-25(20-10-8-9-11-22(20)36-16(3)4)24(27(33)35-7-2)17(5)30-28(31)37-23/h8-16,25H,6-7H2,1-5H3/b23-15-/t25-/m0/s1. The summed E-state index contributed by atoms with van der Waals surface area (Å²) in [5.41, 5.74) is 2.03. The third-order valence-electron chi connectivity index (χ3n) is 5.65. The van der Waals surface area contributed by atoms with Gasteiger partial charge in [0.1, 0.15) is 17.5 Å². The minimum atomic E-state index is -0.749. The number of esters is 1. The van der Waals surface area contributed by atoms with Crippen LogP contribution in [0.4, 0.5) is 0 Å². The number of halogens is 1. The number of hydrogen-bond acceptors (Lipinski definition) is 7. The van der Waals surface area contributed by atoms with Crippen LogP contribution in [0, 0.1) is 0 Å². The molecular weight excluding hydrogens is 556 g/mol. The molecule has 0 N–H and O–H groups in total. The van der Waals surface area contributed by atoms with Gasteiger partial charge in [0.25, 0.3) is 5.56 Å². The van der Waals surface area contributed by atoms with Gasteiger partial charge in [-0.2, -0.15) is 0 Å². The van der Waals surface area contributed by atoms with Crippen molar-refractivity contribution in [3.05, 3.63) is 89.0 Å². The summed E-state index contributed by atoms with van der Waals surface area (Å²) in [4.78, 5) is 32.3. The van der Waals surface area contributed by atoms with Crippen molar-refractivity contribution in [2.24, 2.45) is 4.99 Å². The van der Waals surface area contributed by atoms with E-state index in [-0.39, 0.29) is 18.3 Å². The van der Waals surface area contributed by atoms with E-state index in [2.05, 4.69) is 20.9 Å². The zero-order valence-corrected chi connectivity index (χ0v) is 23.8. The molecule has 0 saturated carbocycles. The number of fused-ring (bicyclic) bond motifs is 1. The van der Waals surface area contributed by atoms with Crippen molar-refractivity contribution in [1.29, 1.82) is 0 Å². The van der Waals surface area contributed by atoms with Crippen molar-refractivity contribution in [1.82, 2.24) is 4.57 Å². The van der Waals surface area contributed by atoms with Crippen molar-refractivity contribution in [2.75, 3.05) is 13.2 Å². The number of allylic oxidation sites excluding steroid dienone is 1. The normalized spacial score (nSPS) is 15.4. The number of aromatic nitrogens is 1. The van der Waals surface area contributed by atoms with E-state index >= 15 is 0 Å². The molecule has 7 nitrogen and oxygen atoms in total. The van der Waals surface area contributed by atoms with Gasteiger partial charge in [-0.1, -0.05) is 45.5 Å². The molecule has 3 aromatic rings. The summed E-state index contributed by atoms with van der Waals surface area (Å²) in [6, 6.07) is 12.4. The smallest absolute Gasteiger partial charge is 0.338 e. The molecule has 37 heavy (non-hydrogen) atoms. The Morgan fingerprint density at radius 3 is 2.62 bits per heavy atom. The van der Waals surface area contributed by atoms with Crippen molar-refractivity contribution >= 4 is 39.3 Å². The van der Waals surface area contributed by atoms with E-state index in [0.717, 1.165) is 10.0 Å². The Kier molecular flexibility index (Phi) is 8.34. The van der Waals surface area contributed by atoms with Crippen LogP contribution in [0.3, 0.4) is 0 Å². The molecule has 1 atom stereocenters. The second kappa shape index (κ2) is 11.5. The SMILES string of the molecule is CCOC(=O)C1=C(C)N=c2s/c(=C\c3cc(Br)ccc3OCC)c(=O)n2[C@H]1c1ccccc1OC(C)C. The number of nitrogens with zero attached hydrogens (tertiary/aromatic N) is 2. The van der Waals surface area contributed by atoms with Crippen LogP contribution in [-0.2, 0) is 9.53 Å². The van der Waals surface area contributed by atoms with E-state index in [4.69, 9.17) is 14.2 Å². The molecule has 4 rings (SSSR count). The molecule has 0 unspecified atom stereocenters. The average Bonchev–Trinajstić information content (AvgIpc) is 3.14. The summed E-state index contributed by atoms with van der Waals surface area (Å²) in [6.45, 7) is 10.0. The van der Waals surface area contributed by atoms with Crippen LogP contribution >= 0.6 is 27.3 Å². The maximum Gasteiger partial charge on any atom is 0.338 e. The van der Waals surface area contributed by atoms with Crippen molar-refractivity contribution < 1.29 is 19.0 Å². The number of carbonyl (C=O) groups is 1. The van der Waals surface area contributed by atoms with Crippen LogP contribution in [0.15, 0.2) is 68.0 Å². The third kappa shape index (κ3) is 5.57. The molecule has 1 aliphatic rings. The molecule has 0 aliphatic carbocycles. The summed E-state index contributed by atoms with van der Waals surface area (Å²) in [6.07, 6.45) is 1.71. The van der Waals surface area contributed by atoms with Gasteiger partial charge >= 0.3 is 5.97 Å². The first-order chi connectivity index (χ1) is 17.7. The van der Waals surface area contributed by atoms with E-state index in [9.17, 15) is 9.59 Å². The summed E-state index contributed by atoms with van der Waals surface area (Å²) in [5.74, 6) is 0.763. The number of benzene rings is 2. The number of ether oxygens (including phenoxy) is 3. The minimum absolute atomic E-state index is 0.0957. The Balaban J connectivity index is 1.99. The molecular formula is C28H29BrN2O5S. The van der Waals surface area contributed by atoms with Crippen molar-refractivity contribution in [3.63, 3.8) is 0 Å². The summed E-state index contributed by atoms with van der Waals surface area (Å²) in [7, 11) is 0. The lowest BCUT2D eigenvalue weighted by molar-refractivity contribution is -0.139. The van der Waals surface area contributed by atoms with Gasteiger partial charge in [0.2, 0.25) is 0 Å². The third-order valence-corrected chi connectivity index (χ3v) is 7.13. The molecule has 0 spiro atoms. The van der Waals surface area contributed by atoms with Crippen molar-refractivity contribution in [3.8, 4) is 11.5 Å². The lowest BCUT2D eigenvalue weighted by atomic mass is 9.95. The summed E-state index contributed by atoms with van der Waals surface area (Å²) >= 11 is 4.77. The van der Waals surface area contributed by atoms with Gasteiger partial charge in [-0.15, -0.1) is 0 Å². The Hall–Kier alpha value is -3.17. The zero-order chi connectivity index (χ0) is 26.7. The Morgan fingerprint density at radius 1 is 1.16 bits per heavy atom. The first-order valence-corrected chi connectivity index (χ1v) is 13.7. The average molecular weight is 586 g/mol. The Labute approximate surface area is 227 Å². The van der Waals surface area contributed by atoms with E-state index in [1.54, 1.807) is 24.5 Å². The van der Waals surface area contributed by atoms with Gasteiger partial charge in [0.15, 0.2) is 4.80 Å². The molecule has 194 valence electrons. The molecule has 0 fully saturated rings. The molecule has 0 radical (unpaired) electrons. The number of thiazole rings is 1. The Morgan fingerprint density at radius 2 is 1.92 bits per heavy atom. The first kappa shape index (κ1) is 26.9. The number of para-hydroxylation sites is 1. The molecule has 1 aromatic heterocycles. The summed E-state index contributed by atoms with van der Waals surface area (Å²) in [5, 5.41) is 0. The van der Waals surface area contributed by atoms with Gasteiger partial charge in [0, 0.05) is 15.6 Å². The molecule has 1 aliphatic heterocycles. The highest BCUT2D eigenvalue weighted by Gasteiger charge is 2.35. The second-order valence-corrected chi connectivity index (χ2v) is 10.5. The molecule has 0 bridgehead atoms. The predicted octanol–water partition coefficient (Wildman–Crippen LogP) is 4.75. The van der Waals surface area contributed by atoms with Gasteiger partial charge in [-0.05, 0) is 65.0 Å². The van der Waals surface area contributed by atoms with Gasteiger partial charge in [-0.3, -0.25) is 9.36 Å². The summed E-state index contributed by atoms with van der Waals surface area (Å²) < 4.78 is 20.2. The van der Waals surface area contributed by atoms with Gasteiger partial charge in [-0.25, -0.2) is 9.79 Å². The van der Waals surface area contributed by atoms with E-state index in [1.807, 2.05) is 63.2 Å². The molecule has 0 saturated heterocycles. The second-order valence-electron chi connectivity index (χ2n) is 8.62. The quantitative estimate of drug-likeness (QED) is 0.357. The lowest BCUT2D eigenvalue weighted by Gasteiger charge is -2.26. The lowest BCUT2D eigenvalue weighted by Crippen LogP contribution is -2.40. The molecule has 0 amide bonds. The molecule has 9 heteroatoms. The number of rotatable bonds is 8. The minimum Gasteiger partial charge on any atom is -0.493 e. The van der Waals surface area contributed by atoms with E-state index in [0.29, 0.717) is 44.3 Å². The molecule has 2 heterocycles. The molecule has 2 aromatic carbocycles. The van der Waals surface area contributed by atoms with Crippen molar-refractivity contribution in [2.45, 2.75) is 46.8 Å². The van der Waals surface area contributed by atoms with E-state index < -0.39 is 12.0 Å². The fourth-order valence-electron chi connectivity index (χ4n) is 4.21. The van der Waals surface area contributed by atoms with Crippen LogP contribution in [0.1, 0.15) is 51.8 Å². The highest BCUT2D eigenvalue weighted by molar-refractivity contribution is 9.10. The van der Waals surface area contributed by atoms with Crippen LogP contribution in [0.25, 0.3) is 6.08 Å². The maximum absolute atomic E-state index is 13.9. The van der Waals surface area contributed by atoms with Gasteiger partial charge < -0.3 is 14.2 Å². The Bertz CT molecular complexity index is 1540. The highest BCUT2D eigenvalue weighted by Crippen LogP contribution is 2.36. The number of carbonyl (C=O) groups excluding carboxylic acids is 1. The zero-order valence-electron chi connectivity index (χ0n) is 21.4. The van der Waals surface area contributed by atoms with Crippen LogP contribution < -0.4 is 24.4 Å². The predicted molar refractivity (Wildman–Crippen MR) is 148 cm³/mol. The first-order valence-electron chi connectivity index (χ1n) is 12.1. The topological polar surface area (TPSA) is 79.1 Å². The maximum atomic E-state index is 13.9. The monoisotopic (exact) mass is 584 g/mol. The largest absolute Gasteiger partial charge is 0.493 e. The van der Waals surface area contributed by atoms with Gasteiger partial charge in [0.05, 0.1) is 35.1 Å². The fraction of sp³-hybridized carbons (Fsp3) is 0.321. The van der Waals surface area contributed by atoms with Crippen LogP contribution in [0.2, 0.25) is 0 Å². The highest BCUT2D eigenvalue weighted by atomic mass is 79.9. The van der Waals surface area contributed by atoms with E-state index in [1.165, 1.54) is 11.3 Å². The number of hydrogen-bond donors (Lipinski definition) is 0. The van der Waals surface area contributed by atoms with Crippen LogP contribution in [0.5, 0.6) is 11.5 Å². The fourth-order valence-corrected chi connectivity index (χ4v) is 5.63.